The highest BCUT2D eigenvalue weighted by atomic mass is 35.5. The third kappa shape index (κ3) is 5.64. The van der Waals surface area contributed by atoms with Crippen LogP contribution in [0.4, 0.5) is 0 Å². The molecule has 0 saturated heterocycles. The maximum absolute atomic E-state index is 12.0. The van der Waals surface area contributed by atoms with Gasteiger partial charge in [0, 0.05) is 6.08 Å². The first-order valence-corrected chi connectivity index (χ1v) is 9.29. The van der Waals surface area contributed by atoms with Crippen molar-refractivity contribution in [2.24, 2.45) is 0 Å². The summed E-state index contributed by atoms with van der Waals surface area (Å²) in [4.78, 5) is 23.9. The van der Waals surface area contributed by atoms with Gasteiger partial charge in [-0.1, -0.05) is 30.9 Å². The van der Waals surface area contributed by atoms with E-state index in [-0.39, 0.29) is 0 Å². The summed E-state index contributed by atoms with van der Waals surface area (Å²) in [7, 11) is 2.96. The fraction of sp³-hybridized carbons (Fsp3) is 0.450. The number of hydrogen-bond acceptors (Lipinski definition) is 6. The molecule has 28 heavy (non-hydrogen) atoms. The number of nitriles is 1. The molecule has 8 heteroatoms. The summed E-state index contributed by atoms with van der Waals surface area (Å²) >= 11 is 6.12. The predicted molar refractivity (Wildman–Crippen MR) is 104 cm³/mol. The van der Waals surface area contributed by atoms with Crippen LogP contribution in [0.15, 0.2) is 18.2 Å². The largest absolute Gasteiger partial charge is 0.493 e. The summed E-state index contributed by atoms with van der Waals surface area (Å²) in [5.74, 6) is -0.346. The van der Waals surface area contributed by atoms with Gasteiger partial charge in [-0.25, -0.2) is 4.79 Å². The number of rotatable bonds is 7. The Kier molecular flexibility index (Phi) is 7.70. The number of esters is 1. The van der Waals surface area contributed by atoms with Crippen LogP contribution in [0.1, 0.15) is 37.7 Å². The summed E-state index contributed by atoms with van der Waals surface area (Å²) in [6.07, 6.45) is 6.75. The SMILES string of the molecule is COc1cc(/C=C/C(=O)OCC(=O)NC2(C#N)CCCCC2)cc(Cl)c1OC. The normalized spacial score (nSPS) is 15.5. The third-order valence-corrected chi connectivity index (χ3v) is 4.79. The average Bonchev–Trinajstić information content (AvgIpc) is 2.70. The molecule has 0 radical (unpaired) electrons. The lowest BCUT2D eigenvalue weighted by atomic mass is 9.83. The van der Waals surface area contributed by atoms with Crippen molar-refractivity contribution in [1.29, 1.82) is 5.26 Å². The van der Waals surface area contributed by atoms with Gasteiger partial charge in [-0.3, -0.25) is 4.79 Å². The minimum Gasteiger partial charge on any atom is -0.493 e. The number of nitrogens with one attached hydrogen (secondary N) is 1. The molecule has 1 aromatic carbocycles. The van der Waals surface area contributed by atoms with E-state index in [0.29, 0.717) is 34.9 Å². The summed E-state index contributed by atoms with van der Waals surface area (Å²) in [6.45, 7) is -0.445. The van der Waals surface area contributed by atoms with Crippen LogP contribution in [0.25, 0.3) is 6.08 Å². The van der Waals surface area contributed by atoms with Crippen LogP contribution in [0.3, 0.4) is 0 Å². The lowest BCUT2D eigenvalue weighted by Crippen LogP contribution is -2.49. The Morgan fingerprint density at radius 2 is 1.96 bits per heavy atom. The highest BCUT2D eigenvalue weighted by Crippen LogP contribution is 2.36. The Labute approximate surface area is 169 Å². The molecular formula is C20H23ClN2O5. The number of ether oxygens (including phenoxy) is 3. The Bertz CT molecular complexity index is 795. The molecule has 0 unspecified atom stereocenters. The molecule has 7 nitrogen and oxygen atoms in total. The summed E-state index contributed by atoms with van der Waals surface area (Å²) in [5.41, 5.74) is -0.247. The molecule has 1 fully saturated rings. The Morgan fingerprint density at radius 1 is 1.25 bits per heavy atom. The van der Waals surface area contributed by atoms with Crippen LogP contribution < -0.4 is 14.8 Å². The number of methoxy groups -OCH3 is 2. The number of hydrogen-bond donors (Lipinski definition) is 1. The molecule has 0 aliphatic heterocycles. The lowest BCUT2D eigenvalue weighted by molar-refractivity contribution is -0.144. The number of carbonyl (C=O) groups is 2. The molecule has 0 bridgehead atoms. The lowest BCUT2D eigenvalue weighted by Gasteiger charge is -2.31. The van der Waals surface area contributed by atoms with Crippen LogP contribution in [0, 0.1) is 11.3 Å². The average molecular weight is 407 g/mol. The van der Waals surface area contributed by atoms with Crippen molar-refractivity contribution in [1.82, 2.24) is 5.32 Å². The van der Waals surface area contributed by atoms with Crippen LogP contribution in [-0.4, -0.2) is 38.2 Å². The maximum atomic E-state index is 12.0. The highest BCUT2D eigenvalue weighted by Gasteiger charge is 2.33. The van der Waals surface area contributed by atoms with Crippen molar-refractivity contribution in [2.45, 2.75) is 37.6 Å². The van der Waals surface area contributed by atoms with Crippen LogP contribution in [0.5, 0.6) is 11.5 Å². The minimum absolute atomic E-state index is 0.337. The number of nitrogens with zero attached hydrogens (tertiary/aromatic N) is 1. The zero-order valence-corrected chi connectivity index (χ0v) is 16.7. The van der Waals surface area contributed by atoms with E-state index < -0.39 is 24.0 Å². The highest BCUT2D eigenvalue weighted by molar-refractivity contribution is 6.32. The van der Waals surface area contributed by atoms with E-state index in [1.807, 2.05) is 0 Å². The van der Waals surface area contributed by atoms with E-state index in [1.165, 1.54) is 26.4 Å². The summed E-state index contributed by atoms with van der Waals surface area (Å²) in [6, 6.07) is 5.45. The number of halogens is 1. The van der Waals surface area contributed by atoms with Crippen molar-refractivity contribution in [3.05, 3.63) is 28.8 Å². The molecule has 1 aliphatic rings. The van der Waals surface area contributed by atoms with Gasteiger partial charge in [0.25, 0.3) is 5.91 Å². The minimum atomic E-state index is -0.853. The Balaban J connectivity index is 1.91. The fourth-order valence-corrected chi connectivity index (χ4v) is 3.40. The molecule has 1 amide bonds. The van der Waals surface area contributed by atoms with Gasteiger partial charge >= 0.3 is 5.97 Å². The van der Waals surface area contributed by atoms with Crippen molar-refractivity contribution in [3.63, 3.8) is 0 Å². The van der Waals surface area contributed by atoms with Gasteiger partial charge in [0.1, 0.15) is 5.54 Å². The molecule has 0 atom stereocenters. The molecule has 150 valence electrons. The van der Waals surface area contributed by atoms with Crippen molar-refractivity contribution in [2.75, 3.05) is 20.8 Å². The maximum Gasteiger partial charge on any atom is 0.331 e. The molecule has 1 saturated carbocycles. The second kappa shape index (κ2) is 10.00. The molecule has 1 aromatic rings. The monoisotopic (exact) mass is 406 g/mol. The van der Waals surface area contributed by atoms with Crippen molar-refractivity contribution < 1.29 is 23.8 Å². The molecular weight excluding hydrogens is 384 g/mol. The van der Waals surface area contributed by atoms with Crippen LogP contribution in [0.2, 0.25) is 5.02 Å². The summed E-state index contributed by atoms with van der Waals surface area (Å²) < 4.78 is 15.3. The third-order valence-electron chi connectivity index (χ3n) is 4.51. The van der Waals surface area contributed by atoms with Gasteiger partial charge in [0.2, 0.25) is 0 Å². The zero-order chi connectivity index (χ0) is 20.6. The number of benzene rings is 1. The van der Waals surface area contributed by atoms with Gasteiger partial charge < -0.3 is 19.5 Å². The van der Waals surface area contributed by atoms with Crippen molar-refractivity contribution >= 4 is 29.6 Å². The fourth-order valence-electron chi connectivity index (χ4n) is 3.11. The standard InChI is InChI=1S/C20H23ClN2O5/c1-26-16-11-14(10-15(21)19(16)27-2)6-7-18(25)28-12-17(24)23-20(13-22)8-4-3-5-9-20/h6-7,10-11H,3-5,8-9,12H2,1-2H3,(H,23,24)/b7-6+. The number of carbonyl (C=O) groups excluding carboxylic acids is 2. The molecule has 0 heterocycles. The van der Waals surface area contributed by atoms with Crippen LogP contribution >= 0.6 is 11.6 Å². The van der Waals surface area contributed by atoms with Gasteiger partial charge in [-0.05, 0) is 36.6 Å². The molecule has 2 rings (SSSR count). The van der Waals surface area contributed by atoms with Crippen LogP contribution in [-0.2, 0) is 14.3 Å². The number of amides is 1. The summed E-state index contributed by atoms with van der Waals surface area (Å²) in [5, 5.41) is 12.4. The molecule has 1 N–H and O–H groups in total. The predicted octanol–water partition coefficient (Wildman–Crippen LogP) is 3.26. The van der Waals surface area contributed by atoms with Gasteiger partial charge in [-0.2, -0.15) is 5.26 Å². The zero-order valence-electron chi connectivity index (χ0n) is 15.9. The van der Waals surface area contributed by atoms with E-state index in [0.717, 1.165) is 19.3 Å². The van der Waals surface area contributed by atoms with Gasteiger partial charge in [0.15, 0.2) is 18.1 Å². The van der Waals surface area contributed by atoms with E-state index >= 15 is 0 Å². The van der Waals surface area contributed by atoms with E-state index in [1.54, 1.807) is 12.1 Å². The first kappa shape index (κ1) is 21.6. The second-order valence-electron chi connectivity index (χ2n) is 6.48. The first-order chi connectivity index (χ1) is 13.4. The Morgan fingerprint density at radius 3 is 2.57 bits per heavy atom. The van der Waals surface area contributed by atoms with Gasteiger partial charge in [-0.15, -0.1) is 0 Å². The first-order valence-electron chi connectivity index (χ1n) is 8.91. The van der Waals surface area contributed by atoms with E-state index in [2.05, 4.69) is 11.4 Å². The smallest absolute Gasteiger partial charge is 0.331 e. The molecule has 0 spiro atoms. The van der Waals surface area contributed by atoms with E-state index in [4.69, 9.17) is 25.8 Å². The second-order valence-corrected chi connectivity index (χ2v) is 6.89. The Hall–Kier alpha value is -2.72. The topological polar surface area (TPSA) is 97.6 Å². The quantitative estimate of drug-likeness (QED) is 0.551. The van der Waals surface area contributed by atoms with Gasteiger partial charge in [0.05, 0.1) is 25.3 Å². The van der Waals surface area contributed by atoms with E-state index in [9.17, 15) is 14.9 Å². The molecule has 1 aliphatic carbocycles. The van der Waals surface area contributed by atoms with Crippen molar-refractivity contribution in [3.8, 4) is 17.6 Å². The molecule has 0 aromatic heterocycles.